The second-order valence-corrected chi connectivity index (χ2v) is 7.58. The van der Waals surface area contributed by atoms with E-state index < -0.39 is 0 Å². The van der Waals surface area contributed by atoms with E-state index in [4.69, 9.17) is 15.2 Å². The van der Waals surface area contributed by atoms with Crippen LogP contribution in [-0.2, 0) is 6.54 Å². The number of nitrogens with two attached hydrogens (primary N) is 1. The lowest BCUT2D eigenvalue weighted by Gasteiger charge is -2.38. The molecule has 0 bridgehead atoms. The Morgan fingerprint density at radius 3 is 2.44 bits per heavy atom. The zero-order valence-corrected chi connectivity index (χ0v) is 15.7. The molecule has 5 rings (SSSR count). The number of hydrogen-bond donors (Lipinski definition) is 2. The molecule has 1 unspecified atom stereocenters. The van der Waals surface area contributed by atoms with Gasteiger partial charge < -0.3 is 20.3 Å². The van der Waals surface area contributed by atoms with Crippen molar-refractivity contribution in [3.63, 3.8) is 0 Å². The van der Waals surface area contributed by atoms with Crippen LogP contribution in [0.5, 0.6) is 17.2 Å². The molecule has 5 heteroatoms. The Labute approximate surface area is 158 Å². The zero-order valence-electron chi connectivity index (χ0n) is 15.7. The molecule has 3 aromatic carbocycles. The highest BCUT2D eigenvalue weighted by Crippen LogP contribution is 2.46. The normalized spacial score (nSPS) is 22.0. The first-order valence-corrected chi connectivity index (χ1v) is 9.45. The largest absolute Gasteiger partial charge is 0.508 e. The van der Waals surface area contributed by atoms with E-state index in [0.717, 1.165) is 41.1 Å². The van der Waals surface area contributed by atoms with Crippen molar-refractivity contribution in [1.82, 2.24) is 4.90 Å². The number of hydrogen-bond acceptors (Lipinski definition) is 5. The van der Waals surface area contributed by atoms with Gasteiger partial charge in [-0.2, -0.15) is 0 Å². The Hall–Kier alpha value is -2.50. The van der Waals surface area contributed by atoms with Crippen LogP contribution in [0.3, 0.4) is 0 Å². The topological polar surface area (TPSA) is 67.9 Å². The van der Waals surface area contributed by atoms with Gasteiger partial charge in [0.1, 0.15) is 5.75 Å². The molecule has 140 valence electrons. The van der Waals surface area contributed by atoms with Crippen LogP contribution in [-0.4, -0.2) is 36.8 Å². The first kappa shape index (κ1) is 16.7. The summed E-state index contributed by atoms with van der Waals surface area (Å²) in [5, 5.41) is 14.5. The van der Waals surface area contributed by atoms with E-state index in [-0.39, 0.29) is 11.8 Å². The number of nitrogens with zero attached hydrogens (tertiary/aromatic N) is 1. The number of fused-ring (bicyclic) bond motifs is 7. The van der Waals surface area contributed by atoms with Gasteiger partial charge in [0, 0.05) is 18.6 Å². The van der Waals surface area contributed by atoms with E-state index in [2.05, 4.69) is 11.0 Å². The van der Waals surface area contributed by atoms with Crippen molar-refractivity contribution < 1.29 is 14.6 Å². The van der Waals surface area contributed by atoms with Crippen LogP contribution in [0.15, 0.2) is 30.3 Å². The lowest BCUT2D eigenvalue weighted by atomic mass is 9.82. The maximum Gasteiger partial charge on any atom is 0.161 e. The van der Waals surface area contributed by atoms with Gasteiger partial charge in [-0.05, 0) is 76.3 Å². The monoisotopic (exact) mass is 364 g/mol. The molecule has 27 heavy (non-hydrogen) atoms. The summed E-state index contributed by atoms with van der Waals surface area (Å²) in [5.74, 6) is 1.66. The summed E-state index contributed by atoms with van der Waals surface area (Å²) in [7, 11) is 3.30. The molecule has 2 aliphatic heterocycles. The standard InChI is InChI=1S/C22H24N2O3/c1-26-19-9-15-14-8-12(25)5-6-13(14)21-17(16(15)10-20(19)27-2)11-24-7-3-4-18(24)22(21)23/h5-6,8-10,18,22,25H,3-4,7,11,23H2,1-2H3/t18-,22?/m0/s1. The highest BCUT2D eigenvalue weighted by Gasteiger charge is 2.38. The molecule has 1 fully saturated rings. The number of aromatic hydroxyl groups is 1. The Morgan fingerprint density at radius 2 is 1.70 bits per heavy atom. The minimum atomic E-state index is -0.0270. The van der Waals surface area contributed by atoms with Crippen LogP contribution in [0.25, 0.3) is 21.5 Å². The molecule has 0 radical (unpaired) electrons. The number of benzene rings is 3. The molecule has 5 nitrogen and oxygen atoms in total. The number of rotatable bonds is 2. The molecule has 0 aromatic heterocycles. The summed E-state index contributed by atoms with van der Waals surface area (Å²) < 4.78 is 11.1. The number of phenols is 1. The van der Waals surface area contributed by atoms with Crippen molar-refractivity contribution in [2.24, 2.45) is 5.73 Å². The van der Waals surface area contributed by atoms with Gasteiger partial charge in [0.05, 0.1) is 14.2 Å². The summed E-state index contributed by atoms with van der Waals surface area (Å²) in [6.07, 6.45) is 2.34. The van der Waals surface area contributed by atoms with Crippen molar-refractivity contribution in [2.45, 2.75) is 31.5 Å². The quantitative estimate of drug-likeness (QED) is 0.679. The fourth-order valence-corrected chi connectivity index (χ4v) is 5.05. The second kappa shape index (κ2) is 6.01. The molecule has 1 saturated heterocycles. The lowest BCUT2D eigenvalue weighted by Crippen LogP contribution is -2.42. The van der Waals surface area contributed by atoms with Crippen LogP contribution in [0.4, 0.5) is 0 Å². The highest BCUT2D eigenvalue weighted by molar-refractivity contribution is 6.12. The van der Waals surface area contributed by atoms with E-state index in [1.165, 1.54) is 17.5 Å². The Kier molecular flexibility index (Phi) is 3.71. The number of methoxy groups -OCH3 is 2. The van der Waals surface area contributed by atoms with Gasteiger partial charge in [-0.3, -0.25) is 4.90 Å². The van der Waals surface area contributed by atoms with Crippen LogP contribution in [0.2, 0.25) is 0 Å². The summed E-state index contributed by atoms with van der Waals surface area (Å²) in [6, 6.07) is 10.0. The predicted molar refractivity (Wildman–Crippen MR) is 107 cm³/mol. The van der Waals surface area contributed by atoms with Crippen LogP contribution < -0.4 is 15.2 Å². The third-order valence-corrected chi connectivity index (χ3v) is 6.28. The molecule has 2 atom stereocenters. The lowest BCUT2D eigenvalue weighted by molar-refractivity contribution is 0.200. The fraction of sp³-hybridized carbons (Fsp3) is 0.364. The Morgan fingerprint density at radius 1 is 1.00 bits per heavy atom. The molecule has 3 N–H and O–H groups in total. The molecule has 0 spiro atoms. The van der Waals surface area contributed by atoms with E-state index in [9.17, 15) is 5.11 Å². The van der Waals surface area contributed by atoms with Gasteiger partial charge >= 0.3 is 0 Å². The van der Waals surface area contributed by atoms with Crippen LogP contribution in [0, 0.1) is 0 Å². The SMILES string of the molecule is COc1cc2c3c(c4ccc(O)cc4c2cc1OC)C(N)[C@@H]1CCCN1C3. The summed E-state index contributed by atoms with van der Waals surface area (Å²) in [5.41, 5.74) is 9.28. The van der Waals surface area contributed by atoms with Crippen LogP contribution >= 0.6 is 0 Å². The Bertz CT molecular complexity index is 1060. The number of ether oxygens (including phenoxy) is 2. The van der Waals surface area contributed by atoms with Crippen molar-refractivity contribution in [2.75, 3.05) is 20.8 Å². The van der Waals surface area contributed by atoms with Gasteiger partial charge in [-0.1, -0.05) is 6.07 Å². The molecular formula is C22H24N2O3. The third-order valence-electron chi connectivity index (χ3n) is 6.28. The summed E-state index contributed by atoms with van der Waals surface area (Å²) in [6.45, 7) is 2.00. The molecule has 3 aromatic rings. The van der Waals surface area contributed by atoms with Gasteiger partial charge in [-0.15, -0.1) is 0 Å². The molecule has 0 amide bonds. The fourth-order valence-electron chi connectivity index (χ4n) is 5.05. The number of phenolic OH excluding ortho intramolecular Hbond substituents is 1. The third kappa shape index (κ3) is 2.32. The maximum atomic E-state index is 10.1. The first-order chi connectivity index (χ1) is 13.1. The summed E-state index contributed by atoms with van der Waals surface area (Å²) >= 11 is 0. The minimum absolute atomic E-state index is 0.0270. The van der Waals surface area contributed by atoms with Gasteiger partial charge in [0.2, 0.25) is 0 Å². The van der Waals surface area contributed by atoms with Crippen molar-refractivity contribution >= 4 is 21.5 Å². The average Bonchev–Trinajstić information content (AvgIpc) is 3.16. The molecule has 0 saturated carbocycles. The summed E-state index contributed by atoms with van der Waals surface area (Å²) in [4.78, 5) is 2.51. The van der Waals surface area contributed by atoms with Gasteiger partial charge in [-0.25, -0.2) is 0 Å². The zero-order chi connectivity index (χ0) is 18.7. The van der Waals surface area contributed by atoms with Gasteiger partial charge in [0.25, 0.3) is 0 Å². The van der Waals surface area contributed by atoms with Crippen molar-refractivity contribution in [1.29, 1.82) is 0 Å². The predicted octanol–water partition coefficient (Wildman–Crippen LogP) is 3.69. The van der Waals surface area contributed by atoms with Gasteiger partial charge in [0.15, 0.2) is 11.5 Å². The minimum Gasteiger partial charge on any atom is -0.508 e. The maximum absolute atomic E-state index is 10.1. The van der Waals surface area contributed by atoms with Crippen LogP contribution in [0.1, 0.15) is 30.0 Å². The molecule has 2 aliphatic rings. The van der Waals surface area contributed by atoms with E-state index in [1.807, 2.05) is 18.2 Å². The second-order valence-electron chi connectivity index (χ2n) is 7.58. The molecule has 0 aliphatic carbocycles. The average molecular weight is 364 g/mol. The van der Waals surface area contributed by atoms with Crippen molar-refractivity contribution in [3.8, 4) is 17.2 Å². The molecular weight excluding hydrogens is 340 g/mol. The molecule has 2 heterocycles. The first-order valence-electron chi connectivity index (χ1n) is 9.45. The highest BCUT2D eigenvalue weighted by atomic mass is 16.5. The smallest absolute Gasteiger partial charge is 0.161 e. The van der Waals surface area contributed by atoms with E-state index in [1.54, 1.807) is 20.3 Å². The van der Waals surface area contributed by atoms with E-state index >= 15 is 0 Å². The van der Waals surface area contributed by atoms with Crippen molar-refractivity contribution in [3.05, 3.63) is 41.5 Å². The van der Waals surface area contributed by atoms with E-state index in [0.29, 0.717) is 17.5 Å². The Balaban J connectivity index is 1.93.